The van der Waals surface area contributed by atoms with Crippen molar-refractivity contribution in [3.05, 3.63) is 35.4 Å². The Balaban J connectivity index is 0.00000243. The van der Waals surface area contributed by atoms with Crippen molar-refractivity contribution in [2.24, 2.45) is 5.41 Å². The fourth-order valence-corrected chi connectivity index (χ4v) is 3.84. The summed E-state index contributed by atoms with van der Waals surface area (Å²) in [7, 11) is 0. The minimum absolute atomic E-state index is 0. The summed E-state index contributed by atoms with van der Waals surface area (Å²) in [5.74, 6) is -0.00751. The van der Waals surface area contributed by atoms with E-state index in [1.54, 1.807) is 0 Å². The number of hydrogen-bond donors (Lipinski definition) is 2. The number of likely N-dealkylation sites (tertiary alicyclic amines) is 1. The first-order valence-electron chi connectivity index (χ1n) is 9.37. The summed E-state index contributed by atoms with van der Waals surface area (Å²) in [6.07, 6.45) is 4.51. The molecule has 1 aromatic carbocycles. The monoisotopic (exact) mass is 379 g/mol. The van der Waals surface area contributed by atoms with Crippen molar-refractivity contribution in [2.75, 3.05) is 32.7 Å². The van der Waals surface area contributed by atoms with Crippen LogP contribution in [-0.2, 0) is 16.0 Å². The highest BCUT2D eigenvalue weighted by Gasteiger charge is 2.37. The Morgan fingerprint density at radius 3 is 2.46 bits per heavy atom. The maximum absolute atomic E-state index is 12.3. The third-order valence-electron chi connectivity index (χ3n) is 5.71. The summed E-state index contributed by atoms with van der Waals surface area (Å²) >= 11 is 0. The Labute approximate surface area is 162 Å². The molecule has 3 rings (SSSR count). The highest BCUT2D eigenvalue weighted by atomic mass is 35.5. The van der Waals surface area contributed by atoms with Crippen LogP contribution in [0, 0.1) is 12.3 Å². The van der Waals surface area contributed by atoms with Gasteiger partial charge in [-0.05, 0) is 50.1 Å². The zero-order valence-corrected chi connectivity index (χ0v) is 16.4. The van der Waals surface area contributed by atoms with Gasteiger partial charge < -0.3 is 15.5 Å². The third-order valence-corrected chi connectivity index (χ3v) is 5.71. The molecule has 2 aliphatic heterocycles. The van der Waals surface area contributed by atoms with E-state index in [-0.39, 0.29) is 30.8 Å². The lowest BCUT2D eigenvalue weighted by Gasteiger charge is -2.38. The number of nitrogens with zero attached hydrogens (tertiary/aromatic N) is 1. The lowest BCUT2D eigenvalue weighted by molar-refractivity contribution is -0.134. The minimum Gasteiger partial charge on any atom is -0.347 e. The number of piperidine rings is 1. The van der Waals surface area contributed by atoms with Gasteiger partial charge in [-0.3, -0.25) is 9.59 Å². The van der Waals surface area contributed by atoms with Crippen molar-refractivity contribution >= 4 is 24.2 Å². The molecule has 0 aliphatic carbocycles. The van der Waals surface area contributed by atoms with Crippen LogP contribution >= 0.6 is 12.4 Å². The second-order valence-electron chi connectivity index (χ2n) is 7.57. The van der Waals surface area contributed by atoms with Gasteiger partial charge in [0.05, 0.1) is 6.54 Å². The van der Waals surface area contributed by atoms with E-state index in [0.717, 1.165) is 44.6 Å². The van der Waals surface area contributed by atoms with Crippen molar-refractivity contribution in [1.29, 1.82) is 0 Å². The average Bonchev–Trinajstić information content (AvgIpc) is 3.08. The molecule has 0 saturated carbocycles. The number of aryl methyl sites for hydroxylation is 2. The van der Waals surface area contributed by atoms with Gasteiger partial charge in [-0.2, -0.15) is 0 Å². The molecule has 0 atom stereocenters. The van der Waals surface area contributed by atoms with Gasteiger partial charge in [0.1, 0.15) is 0 Å². The molecule has 0 bridgehead atoms. The summed E-state index contributed by atoms with van der Waals surface area (Å²) in [4.78, 5) is 26.2. The van der Waals surface area contributed by atoms with Crippen LogP contribution in [0.4, 0.5) is 0 Å². The number of nitrogens with one attached hydrogen (secondary N) is 2. The highest BCUT2D eigenvalue weighted by Crippen LogP contribution is 2.36. The lowest BCUT2D eigenvalue weighted by Crippen LogP contribution is -2.47. The van der Waals surface area contributed by atoms with Crippen molar-refractivity contribution in [3.63, 3.8) is 0 Å². The number of amides is 2. The number of rotatable bonds is 5. The van der Waals surface area contributed by atoms with E-state index in [1.807, 2.05) is 11.8 Å². The molecule has 2 heterocycles. The number of carbonyl (C=O) groups excluding carboxylic acids is 2. The zero-order chi connectivity index (χ0) is 17.7. The molecule has 26 heavy (non-hydrogen) atoms. The second kappa shape index (κ2) is 9.38. The topological polar surface area (TPSA) is 61.4 Å². The van der Waals surface area contributed by atoms with Crippen LogP contribution in [0.5, 0.6) is 0 Å². The van der Waals surface area contributed by atoms with Crippen molar-refractivity contribution < 1.29 is 9.59 Å². The maximum atomic E-state index is 12.3. The molecule has 0 radical (unpaired) electrons. The predicted molar refractivity (Wildman–Crippen MR) is 105 cm³/mol. The average molecular weight is 380 g/mol. The van der Waals surface area contributed by atoms with E-state index >= 15 is 0 Å². The molecule has 2 aliphatic rings. The first-order valence-corrected chi connectivity index (χ1v) is 9.37. The molecule has 144 valence electrons. The predicted octanol–water partition coefficient (Wildman–Crippen LogP) is 2.07. The van der Waals surface area contributed by atoms with Crippen LogP contribution in [0.25, 0.3) is 0 Å². The fraction of sp³-hybridized carbons (Fsp3) is 0.600. The molecule has 2 saturated heterocycles. The molecular weight excluding hydrogens is 350 g/mol. The standard InChI is InChI=1S/C20H29N3O2.ClH/c1-16-2-4-17(5-3-16)6-7-18(24)22-14-19(25)23-12-9-20(10-13-23)8-11-21-15-20;/h2-5,21H,6-15H2,1H3,(H,22,24);1H. The molecule has 1 aromatic rings. The summed E-state index contributed by atoms with van der Waals surface area (Å²) in [5.41, 5.74) is 2.78. The van der Waals surface area contributed by atoms with Gasteiger partial charge in [0.2, 0.25) is 11.8 Å². The first kappa shape index (κ1) is 20.7. The quantitative estimate of drug-likeness (QED) is 0.823. The summed E-state index contributed by atoms with van der Waals surface area (Å²) in [6, 6.07) is 8.21. The Kier molecular flexibility index (Phi) is 7.47. The molecule has 6 heteroatoms. The summed E-state index contributed by atoms with van der Waals surface area (Å²) < 4.78 is 0. The Bertz CT molecular complexity index is 602. The highest BCUT2D eigenvalue weighted by molar-refractivity contribution is 5.85. The second-order valence-corrected chi connectivity index (χ2v) is 7.57. The van der Waals surface area contributed by atoms with Crippen LogP contribution in [0.1, 0.15) is 36.8 Å². The Hall–Kier alpha value is -1.59. The maximum Gasteiger partial charge on any atom is 0.241 e. The van der Waals surface area contributed by atoms with Gasteiger partial charge >= 0.3 is 0 Å². The van der Waals surface area contributed by atoms with Crippen LogP contribution < -0.4 is 10.6 Å². The number of halogens is 1. The number of carbonyl (C=O) groups is 2. The molecule has 0 aromatic heterocycles. The van der Waals surface area contributed by atoms with E-state index < -0.39 is 0 Å². The third kappa shape index (κ3) is 5.45. The first-order chi connectivity index (χ1) is 12.1. The number of benzene rings is 1. The van der Waals surface area contributed by atoms with Gasteiger partial charge in [-0.25, -0.2) is 0 Å². The largest absolute Gasteiger partial charge is 0.347 e. The fourth-order valence-electron chi connectivity index (χ4n) is 3.84. The van der Waals surface area contributed by atoms with Gasteiger partial charge in [-0.15, -0.1) is 12.4 Å². The molecule has 0 unspecified atom stereocenters. The van der Waals surface area contributed by atoms with Gasteiger partial charge in [0.25, 0.3) is 0 Å². The molecule has 2 amide bonds. The summed E-state index contributed by atoms with van der Waals surface area (Å²) in [6.45, 7) is 6.00. The van der Waals surface area contributed by atoms with Crippen LogP contribution in [0.15, 0.2) is 24.3 Å². The van der Waals surface area contributed by atoms with Crippen molar-refractivity contribution in [2.45, 2.75) is 39.0 Å². The summed E-state index contributed by atoms with van der Waals surface area (Å²) in [5, 5.41) is 6.22. The molecule has 5 nitrogen and oxygen atoms in total. The van der Waals surface area contributed by atoms with E-state index in [2.05, 4.69) is 34.9 Å². The molecule has 1 spiro atoms. The van der Waals surface area contributed by atoms with Crippen molar-refractivity contribution in [3.8, 4) is 0 Å². The van der Waals surface area contributed by atoms with Gasteiger partial charge in [-0.1, -0.05) is 29.8 Å². The van der Waals surface area contributed by atoms with E-state index in [4.69, 9.17) is 0 Å². The van der Waals surface area contributed by atoms with Crippen molar-refractivity contribution in [1.82, 2.24) is 15.5 Å². The molecule has 2 N–H and O–H groups in total. The Morgan fingerprint density at radius 2 is 1.85 bits per heavy atom. The van der Waals surface area contributed by atoms with Crippen LogP contribution in [0.2, 0.25) is 0 Å². The van der Waals surface area contributed by atoms with Crippen LogP contribution in [0.3, 0.4) is 0 Å². The van der Waals surface area contributed by atoms with E-state index in [1.165, 1.54) is 12.0 Å². The lowest BCUT2D eigenvalue weighted by atomic mass is 9.78. The van der Waals surface area contributed by atoms with Gasteiger partial charge in [0.15, 0.2) is 0 Å². The normalized spacial score (nSPS) is 18.4. The smallest absolute Gasteiger partial charge is 0.241 e. The van der Waals surface area contributed by atoms with E-state index in [9.17, 15) is 9.59 Å². The van der Waals surface area contributed by atoms with Gasteiger partial charge in [0, 0.05) is 26.1 Å². The number of hydrogen-bond acceptors (Lipinski definition) is 3. The van der Waals surface area contributed by atoms with E-state index in [0.29, 0.717) is 18.3 Å². The molecule has 2 fully saturated rings. The SMILES string of the molecule is Cc1ccc(CCC(=O)NCC(=O)N2CCC3(CCNC3)CC2)cc1.Cl. The Morgan fingerprint density at radius 1 is 1.15 bits per heavy atom. The molecular formula is C20H30ClN3O2. The van der Waals surface area contributed by atoms with Crippen LogP contribution in [-0.4, -0.2) is 49.4 Å². The zero-order valence-electron chi connectivity index (χ0n) is 15.6. The minimum atomic E-state index is -0.0533.